The van der Waals surface area contributed by atoms with Crippen LogP contribution in [0.2, 0.25) is 0 Å². The maximum absolute atomic E-state index is 12.8. The Morgan fingerprint density at radius 2 is 1.77 bits per heavy atom. The van der Waals surface area contributed by atoms with Crippen LogP contribution in [0.1, 0.15) is 16.1 Å². The molecule has 0 bridgehead atoms. The van der Waals surface area contributed by atoms with Crippen LogP contribution in [0.25, 0.3) is 0 Å². The molecule has 1 N–H and O–H groups in total. The van der Waals surface area contributed by atoms with E-state index in [4.69, 9.17) is 9.72 Å². The van der Waals surface area contributed by atoms with Crippen LogP contribution in [0.5, 0.6) is 5.75 Å². The van der Waals surface area contributed by atoms with E-state index in [2.05, 4.69) is 37.8 Å². The van der Waals surface area contributed by atoms with Crippen molar-refractivity contribution in [2.75, 3.05) is 43.5 Å². The molecular formula is C23H24IN5O2. The molecule has 31 heavy (non-hydrogen) atoms. The van der Waals surface area contributed by atoms with E-state index >= 15 is 0 Å². The number of hydrogen-bond donors (Lipinski definition) is 1. The van der Waals surface area contributed by atoms with Crippen molar-refractivity contribution in [3.05, 3.63) is 69.4 Å². The number of rotatable bonds is 5. The SMILES string of the molecule is COc1ccc(Nc2cc(C)nc(N3CCN(C(=O)c4cccc(I)c4)CC3)n2)cc1. The Hall–Kier alpha value is -2.88. The third-order valence-electron chi connectivity index (χ3n) is 5.13. The highest BCUT2D eigenvalue weighted by Gasteiger charge is 2.24. The molecule has 0 unspecified atom stereocenters. The summed E-state index contributed by atoms with van der Waals surface area (Å²) in [4.78, 5) is 26.2. The van der Waals surface area contributed by atoms with Gasteiger partial charge in [-0.15, -0.1) is 0 Å². The summed E-state index contributed by atoms with van der Waals surface area (Å²) in [5.74, 6) is 2.30. The molecule has 2 aromatic carbocycles. The number of ether oxygens (including phenoxy) is 1. The highest BCUT2D eigenvalue weighted by Crippen LogP contribution is 2.22. The van der Waals surface area contributed by atoms with Crippen LogP contribution in [0, 0.1) is 10.5 Å². The molecule has 3 aromatic rings. The van der Waals surface area contributed by atoms with Gasteiger partial charge in [-0.3, -0.25) is 4.79 Å². The number of anilines is 3. The molecule has 1 amide bonds. The number of aryl methyl sites for hydroxylation is 1. The summed E-state index contributed by atoms with van der Waals surface area (Å²) in [5, 5.41) is 3.33. The standard InChI is InChI=1S/C23H24IN5O2/c1-16-14-21(26-19-6-8-20(31-2)9-7-19)27-23(25-16)29-12-10-28(11-13-29)22(30)17-4-3-5-18(24)15-17/h3-9,14-15H,10-13H2,1-2H3,(H,25,26,27). The van der Waals surface area contributed by atoms with E-state index in [0.717, 1.165) is 32.1 Å². The van der Waals surface area contributed by atoms with E-state index in [1.54, 1.807) is 7.11 Å². The molecule has 1 aromatic heterocycles. The summed E-state index contributed by atoms with van der Waals surface area (Å²) in [5.41, 5.74) is 2.55. The van der Waals surface area contributed by atoms with Crippen LogP contribution in [-0.2, 0) is 0 Å². The second-order valence-corrected chi connectivity index (χ2v) is 8.58. The van der Waals surface area contributed by atoms with Crippen molar-refractivity contribution in [2.45, 2.75) is 6.92 Å². The van der Waals surface area contributed by atoms with Crippen LogP contribution in [-0.4, -0.2) is 54.1 Å². The normalized spacial score (nSPS) is 13.8. The quantitative estimate of drug-likeness (QED) is 0.502. The van der Waals surface area contributed by atoms with Gasteiger partial charge in [0.1, 0.15) is 11.6 Å². The third kappa shape index (κ3) is 5.25. The van der Waals surface area contributed by atoms with Gasteiger partial charge < -0.3 is 19.9 Å². The van der Waals surface area contributed by atoms with Gasteiger partial charge in [0.15, 0.2) is 0 Å². The highest BCUT2D eigenvalue weighted by molar-refractivity contribution is 14.1. The van der Waals surface area contributed by atoms with Crippen molar-refractivity contribution < 1.29 is 9.53 Å². The van der Waals surface area contributed by atoms with Crippen LogP contribution >= 0.6 is 22.6 Å². The largest absolute Gasteiger partial charge is 0.497 e. The Balaban J connectivity index is 1.42. The number of halogens is 1. The summed E-state index contributed by atoms with van der Waals surface area (Å²) in [6.07, 6.45) is 0. The molecule has 1 aliphatic heterocycles. The molecule has 0 atom stereocenters. The number of amides is 1. The van der Waals surface area contributed by atoms with Crippen molar-refractivity contribution in [3.63, 3.8) is 0 Å². The number of hydrogen-bond acceptors (Lipinski definition) is 6. The van der Waals surface area contributed by atoms with Gasteiger partial charge in [0, 0.05) is 52.8 Å². The van der Waals surface area contributed by atoms with Gasteiger partial charge in [-0.25, -0.2) is 4.98 Å². The second-order valence-electron chi connectivity index (χ2n) is 7.34. The number of carbonyl (C=O) groups excluding carboxylic acids is 1. The van der Waals surface area contributed by atoms with Gasteiger partial charge in [-0.05, 0) is 72.0 Å². The first-order chi connectivity index (χ1) is 15.0. The lowest BCUT2D eigenvalue weighted by Gasteiger charge is -2.35. The first kappa shape index (κ1) is 21.4. The van der Waals surface area contributed by atoms with Gasteiger partial charge in [0.05, 0.1) is 7.11 Å². The van der Waals surface area contributed by atoms with Crippen molar-refractivity contribution in [1.82, 2.24) is 14.9 Å². The smallest absolute Gasteiger partial charge is 0.254 e. The average molecular weight is 529 g/mol. The van der Waals surface area contributed by atoms with Crippen LogP contribution in [0.4, 0.5) is 17.5 Å². The zero-order valence-electron chi connectivity index (χ0n) is 17.5. The molecule has 7 nitrogen and oxygen atoms in total. The first-order valence-electron chi connectivity index (χ1n) is 10.1. The van der Waals surface area contributed by atoms with Crippen molar-refractivity contribution in [1.29, 1.82) is 0 Å². The van der Waals surface area contributed by atoms with E-state index < -0.39 is 0 Å². The van der Waals surface area contributed by atoms with E-state index in [1.165, 1.54) is 0 Å². The highest BCUT2D eigenvalue weighted by atomic mass is 127. The summed E-state index contributed by atoms with van der Waals surface area (Å²) < 4.78 is 6.27. The lowest BCUT2D eigenvalue weighted by atomic mass is 10.2. The lowest BCUT2D eigenvalue weighted by Crippen LogP contribution is -2.49. The first-order valence-corrected chi connectivity index (χ1v) is 11.2. The topological polar surface area (TPSA) is 70.6 Å². The lowest BCUT2D eigenvalue weighted by molar-refractivity contribution is 0.0746. The zero-order chi connectivity index (χ0) is 21.8. The monoisotopic (exact) mass is 529 g/mol. The number of methoxy groups -OCH3 is 1. The summed E-state index contributed by atoms with van der Waals surface area (Å²) >= 11 is 2.23. The molecular weight excluding hydrogens is 505 g/mol. The Bertz CT molecular complexity index is 1070. The predicted molar refractivity (Wildman–Crippen MR) is 130 cm³/mol. The number of nitrogens with one attached hydrogen (secondary N) is 1. The second kappa shape index (κ2) is 9.51. The minimum absolute atomic E-state index is 0.0742. The molecule has 0 saturated carbocycles. The van der Waals surface area contributed by atoms with Crippen molar-refractivity contribution in [3.8, 4) is 5.75 Å². The average Bonchev–Trinajstić information content (AvgIpc) is 2.79. The molecule has 0 aliphatic carbocycles. The zero-order valence-corrected chi connectivity index (χ0v) is 19.7. The van der Waals surface area contributed by atoms with E-state index in [-0.39, 0.29) is 5.91 Å². The molecule has 2 heterocycles. The van der Waals surface area contributed by atoms with Gasteiger partial charge in [-0.1, -0.05) is 6.07 Å². The van der Waals surface area contributed by atoms with E-state index in [1.807, 2.05) is 66.4 Å². The summed E-state index contributed by atoms with van der Waals surface area (Å²) in [7, 11) is 1.65. The van der Waals surface area contributed by atoms with Crippen molar-refractivity contribution in [2.24, 2.45) is 0 Å². The Morgan fingerprint density at radius 3 is 2.45 bits per heavy atom. The number of carbonyl (C=O) groups is 1. The van der Waals surface area contributed by atoms with Crippen LogP contribution in [0.3, 0.4) is 0 Å². The fourth-order valence-corrected chi connectivity index (χ4v) is 4.04. The minimum atomic E-state index is 0.0742. The predicted octanol–water partition coefficient (Wildman–Crippen LogP) is 4.10. The summed E-state index contributed by atoms with van der Waals surface area (Å²) in [6, 6.07) is 17.3. The number of piperazine rings is 1. The number of nitrogens with zero attached hydrogens (tertiary/aromatic N) is 4. The molecule has 4 rings (SSSR count). The van der Waals surface area contributed by atoms with E-state index in [9.17, 15) is 4.79 Å². The molecule has 0 radical (unpaired) electrons. The summed E-state index contributed by atoms with van der Waals surface area (Å²) in [6.45, 7) is 4.63. The van der Waals surface area contributed by atoms with Crippen LogP contribution < -0.4 is 15.0 Å². The molecule has 160 valence electrons. The maximum atomic E-state index is 12.8. The van der Waals surface area contributed by atoms with Gasteiger partial charge >= 0.3 is 0 Å². The molecule has 1 fully saturated rings. The molecule has 1 saturated heterocycles. The van der Waals surface area contributed by atoms with Gasteiger partial charge in [0.2, 0.25) is 5.95 Å². The minimum Gasteiger partial charge on any atom is -0.497 e. The Morgan fingerprint density at radius 1 is 1.03 bits per heavy atom. The van der Waals surface area contributed by atoms with Gasteiger partial charge in [0.25, 0.3) is 5.91 Å². The van der Waals surface area contributed by atoms with Crippen molar-refractivity contribution >= 4 is 46.0 Å². The van der Waals surface area contributed by atoms with Crippen LogP contribution in [0.15, 0.2) is 54.6 Å². The molecule has 8 heteroatoms. The number of benzene rings is 2. The molecule has 1 aliphatic rings. The number of aromatic nitrogens is 2. The fourth-order valence-electron chi connectivity index (χ4n) is 3.49. The molecule has 0 spiro atoms. The third-order valence-corrected chi connectivity index (χ3v) is 5.80. The Labute approximate surface area is 195 Å². The fraction of sp³-hybridized carbons (Fsp3) is 0.261. The Kier molecular flexibility index (Phi) is 6.55. The maximum Gasteiger partial charge on any atom is 0.254 e. The van der Waals surface area contributed by atoms with Gasteiger partial charge in [-0.2, -0.15) is 4.98 Å². The van der Waals surface area contributed by atoms with E-state index in [0.29, 0.717) is 32.1 Å².